The summed E-state index contributed by atoms with van der Waals surface area (Å²) in [5.41, 5.74) is 1.15. The molecule has 0 radical (unpaired) electrons. The molecule has 0 spiro atoms. The summed E-state index contributed by atoms with van der Waals surface area (Å²) in [6, 6.07) is 48.2. The van der Waals surface area contributed by atoms with Crippen LogP contribution in [0.15, 0.2) is 170 Å². The molecule has 0 aliphatic heterocycles. The molecule has 0 bridgehead atoms. The number of rotatable bonds is 13. The molecule has 10 heteroatoms. The molecule has 0 saturated heterocycles. The molecule has 0 heterocycles. The number of phosphoric acid groups is 2. The lowest BCUT2D eigenvalue weighted by molar-refractivity contribution is 0.294. The van der Waals surface area contributed by atoms with E-state index in [-0.39, 0.29) is 11.5 Å². The number of benzene rings is 6. The summed E-state index contributed by atoms with van der Waals surface area (Å²) in [5.74, 6) is 1.48. The summed E-state index contributed by atoms with van der Waals surface area (Å²) in [4.78, 5) is 0. The van der Waals surface area contributed by atoms with E-state index in [0.29, 0.717) is 34.1 Å². The van der Waals surface area contributed by atoms with E-state index in [1.54, 1.807) is 103 Å². The van der Waals surface area contributed by atoms with Crippen LogP contribution in [0.25, 0.3) is 11.1 Å². The van der Waals surface area contributed by atoms with Gasteiger partial charge in [0.05, 0.1) is 0 Å². The SMILES string of the molecule is O=P(Oc1ccccc1)(Oc1ccccc1)Oc1ccc(OP(=O)(Oc2ccccc2)Oc2ccccc2)c(-c2ccccc2)c1. The fourth-order valence-electron chi connectivity index (χ4n) is 4.29. The Morgan fingerprint density at radius 1 is 0.326 bits per heavy atom. The van der Waals surface area contributed by atoms with Gasteiger partial charge < -0.3 is 27.1 Å². The first-order valence-electron chi connectivity index (χ1n) is 14.2. The van der Waals surface area contributed by atoms with E-state index in [2.05, 4.69) is 0 Å². The topological polar surface area (TPSA) is 89.5 Å². The van der Waals surface area contributed by atoms with Gasteiger partial charge in [0, 0.05) is 5.56 Å². The van der Waals surface area contributed by atoms with Crippen LogP contribution in [0.3, 0.4) is 0 Å². The van der Waals surface area contributed by atoms with Gasteiger partial charge >= 0.3 is 15.6 Å². The van der Waals surface area contributed by atoms with Crippen LogP contribution in [0.5, 0.6) is 34.5 Å². The van der Waals surface area contributed by atoms with Crippen molar-refractivity contribution in [1.82, 2.24) is 0 Å². The van der Waals surface area contributed by atoms with Crippen LogP contribution < -0.4 is 27.1 Å². The van der Waals surface area contributed by atoms with Crippen LogP contribution in [0.4, 0.5) is 0 Å². The molecule has 46 heavy (non-hydrogen) atoms. The summed E-state index contributed by atoms with van der Waals surface area (Å²) in [6.45, 7) is 0. The fourth-order valence-corrected chi connectivity index (χ4v) is 6.81. The second-order valence-corrected chi connectivity index (χ2v) is 12.6. The highest BCUT2D eigenvalue weighted by Gasteiger charge is 2.36. The monoisotopic (exact) mass is 650 g/mol. The molecule has 0 fully saturated rings. The molecular formula is C36H28O8P2. The van der Waals surface area contributed by atoms with Crippen LogP contribution in [0.1, 0.15) is 0 Å². The molecule has 0 aliphatic carbocycles. The van der Waals surface area contributed by atoms with E-state index in [1.807, 2.05) is 54.6 Å². The molecule has 6 aromatic carbocycles. The molecule has 0 aliphatic rings. The van der Waals surface area contributed by atoms with Gasteiger partial charge in [0.25, 0.3) is 0 Å². The number of hydrogen-bond acceptors (Lipinski definition) is 8. The van der Waals surface area contributed by atoms with E-state index in [9.17, 15) is 9.13 Å². The largest absolute Gasteiger partial charge is 0.647 e. The van der Waals surface area contributed by atoms with E-state index < -0.39 is 15.6 Å². The molecule has 6 rings (SSSR count). The lowest BCUT2D eigenvalue weighted by Gasteiger charge is -2.22. The highest BCUT2D eigenvalue weighted by Crippen LogP contribution is 2.54. The molecule has 0 unspecified atom stereocenters. The van der Waals surface area contributed by atoms with Gasteiger partial charge in [-0.2, -0.15) is 9.13 Å². The predicted octanol–water partition coefficient (Wildman–Crippen LogP) is 10.6. The fraction of sp³-hybridized carbons (Fsp3) is 0. The first-order chi connectivity index (χ1) is 22.5. The normalized spacial score (nSPS) is 11.2. The zero-order chi connectivity index (χ0) is 31.7. The van der Waals surface area contributed by atoms with Crippen LogP contribution in [0.2, 0.25) is 0 Å². The Morgan fingerprint density at radius 3 is 1.04 bits per heavy atom. The van der Waals surface area contributed by atoms with Gasteiger partial charge in [0.15, 0.2) is 0 Å². The molecule has 8 nitrogen and oxygen atoms in total. The maximum absolute atomic E-state index is 14.2. The van der Waals surface area contributed by atoms with Gasteiger partial charge in [-0.25, -0.2) is 0 Å². The molecule has 6 aromatic rings. The smallest absolute Gasteiger partial charge is 0.386 e. The van der Waals surface area contributed by atoms with E-state index in [1.165, 1.54) is 12.1 Å². The van der Waals surface area contributed by atoms with Crippen molar-refractivity contribution in [2.45, 2.75) is 0 Å². The Kier molecular flexibility index (Phi) is 9.40. The Bertz CT molecular complexity index is 1850. The third-order valence-electron chi connectivity index (χ3n) is 6.30. The summed E-state index contributed by atoms with van der Waals surface area (Å²) in [5, 5.41) is 0. The van der Waals surface area contributed by atoms with Gasteiger partial charge in [-0.15, -0.1) is 0 Å². The Hall–Kier alpha value is -5.42. The van der Waals surface area contributed by atoms with Gasteiger partial charge in [0.2, 0.25) is 0 Å². The summed E-state index contributed by atoms with van der Waals surface area (Å²) >= 11 is 0. The first-order valence-corrected chi connectivity index (χ1v) is 17.1. The van der Waals surface area contributed by atoms with Crippen LogP contribution in [0, 0.1) is 0 Å². The van der Waals surface area contributed by atoms with Crippen molar-refractivity contribution in [2.75, 3.05) is 0 Å². The minimum atomic E-state index is -4.33. The second-order valence-electron chi connectivity index (χ2n) is 9.72. The van der Waals surface area contributed by atoms with Crippen LogP contribution >= 0.6 is 15.6 Å². The number of phosphoric ester groups is 2. The molecular weight excluding hydrogens is 622 g/mol. The molecule has 230 valence electrons. The lowest BCUT2D eigenvalue weighted by atomic mass is 10.0. The third kappa shape index (κ3) is 8.19. The molecule has 0 amide bonds. The second kappa shape index (κ2) is 14.1. The summed E-state index contributed by atoms with van der Waals surface area (Å²) in [7, 11) is -8.61. The van der Waals surface area contributed by atoms with E-state index in [4.69, 9.17) is 27.1 Å². The maximum atomic E-state index is 14.2. The average molecular weight is 651 g/mol. The zero-order valence-electron chi connectivity index (χ0n) is 24.3. The molecule has 0 N–H and O–H groups in total. The third-order valence-corrected chi connectivity index (χ3v) is 8.90. The van der Waals surface area contributed by atoms with Gasteiger partial charge in [0.1, 0.15) is 34.5 Å². The molecule has 0 atom stereocenters. The van der Waals surface area contributed by atoms with Crippen molar-refractivity contribution in [3.63, 3.8) is 0 Å². The van der Waals surface area contributed by atoms with E-state index in [0.717, 1.165) is 0 Å². The summed E-state index contributed by atoms with van der Waals surface area (Å²) in [6.07, 6.45) is 0. The van der Waals surface area contributed by atoms with Crippen molar-refractivity contribution in [3.8, 4) is 45.6 Å². The minimum Gasteiger partial charge on any atom is -0.386 e. The first kappa shape index (κ1) is 30.6. The van der Waals surface area contributed by atoms with Crippen molar-refractivity contribution < 1.29 is 36.3 Å². The summed E-state index contributed by atoms with van der Waals surface area (Å²) < 4.78 is 63.7. The van der Waals surface area contributed by atoms with Gasteiger partial charge in [-0.1, -0.05) is 103 Å². The highest BCUT2D eigenvalue weighted by molar-refractivity contribution is 7.50. The Labute approximate surface area is 266 Å². The van der Waals surface area contributed by atoms with Crippen molar-refractivity contribution >= 4 is 15.6 Å². The number of hydrogen-bond donors (Lipinski definition) is 0. The maximum Gasteiger partial charge on any atom is 0.647 e. The van der Waals surface area contributed by atoms with E-state index >= 15 is 0 Å². The average Bonchev–Trinajstić information content (AvgIpc) is 3.07. The van der Waals surface area contributed by atoms with Crippen molar-refractivity contribution in [1.29, 1.82) is 0 Å². The lowest BCUT2D eigenvalue weighted by Crippen LogP contribution is -2.09. The Balaban J connectivity index is 1.37. The van der Waals surface area contributed by atoms with Gasteiger partial charge in [-0.05, 0) is 72.3 Å². The quantitative estimate of drug-likeness (QED) is 0.114. The Morgan fingerprint density at radius 2 is 0.652 bits per heavy atom. The number of para-hydroxylation sites is 4. The standard InChI is InChI=1S/C36H28O8P2/c37-45(39-30-18-8-2-9-19-30,40-31-20-10-3-11-21-31)43-34-26-27-36(35(28-34)29-16-6-1-7-17-29)44-46(38,41-32-22-12-4-13-23-32)42-33-24-14-5-15-25-33/h1-28H. The highest BCUT2D eigenvalue weighted by atomic mass is 31.2. The molecule has 0 saturated carbocycles. The van der Waals surface area contributed by atoms with Crippen LogP contribution in [-0.2, 0) is 9.13 Å². The predicted molar refractivity (Wildman–Crippen MR) is 177 cm³/mol. The zero-order valence-corrected chi connectivity index (χ0v) is 26.1. The van der Waals surface area contributed by atoms with Crippen LogP contribution in [-0.4, -0.2) is 0 Å². The van der Waals surface area contributed by atoms with Gasteiger partial charge in [-0.3, -0.25) is 0 Å². The van der Waals surface area contributed by atoms with Crippen molar-refractivity contribution in [2.24, 2.45) is 0 Å². The minimum absolute atomic E-state index is 0.143. The molecule has 0 aromatic heterocycles. The van der Waals surface area contributed by atoms with Crippen molar-refractivity contribution in [3.05, 3.63) is 170 Å².